The van der Waals surface area contributed by atoms with E-state index in [0.717, 1.165) is 75.4 Å². The maximum Gasteiger partial charge on any atom is 0.320 e. The average Bonchev–Trinajstić information content (AvgIpc) is 3.78. The highest BCUT2D eigenvalue weighted by molar-refractivity contribution is 6.02. The number of nitrogens with one attached hydrogen (secondary N) is 2. The summed E-state index contributed by atoms with van der Waals surface area (Å²) in [6.45, 7) is 7.21. The molecule has 16 heteroatoms. The van der Waals surface area contributed by atoms with Gasteiger partial charge >= 0.3 is 6.03 Å². The van der Waals surface area contributed by atoms with Crippen LogP contribution in [0.15, 0.2) is 53.2 Å². The van der Waals surface area contributed by atoms with Gasteiger partial charge in [0, 0.05) is 94.7 Å². The zero-order valence-electron chi connectivity index (χ0n) is 33.4. The van der Waals surface area contributed by atoms with Gasteiger partial charge in [-0.3, -0.25) is 24.6 Å². The second-order valence-corrected chi connectivity index (χ2v) is 17.7. The zero-order chi connectivity index (χ0) is 40.4. The van der Waals surface area contributed by atoms with Crippen molar-refractivity contribution in [3.8, 4) is 0 Å². The monoisotopic (exact) mass is 801 g/mol. The summed E-state index contributed by atoms with van der Waals surface area (Å²) in [5.74, 6) is -0.136. The van der Waals surface area contributed by atoms with Crippen LogP contribution in [-0.2, 0) is 9.59 Å². The number of carbonyl (C=O) groups excluding carboxylic acids is 4. The third-order valence-electron chi connectivity index (χ3n) is 14.0. The summed E-state index contributed by atoms with van der Waals surface area (Å²) in [6, 6.07) is 15.3. The van der Waals surface area contributed by atoms with Crippen molar-refractivity contribution in [2.45, 2.75) is 75.3 Å². The van der Waals surface area contributed by atoms with Crippen molar-refractivity contribution >= 4 is 57.7 Å². The van der Waals surface area contributed by atoms with E-state index in [-0.39, 0.29) is 29.6 Å². The first kappa shape index (κ1) is 37.5. The second kappa shape index (κ2) is 14.8. The second-order valence-electron chi connectivity index (χ2n) is 17.7. The number of aromatic nitrogens is 3. The lowest BCUT2D eigenvalue weighted by molar-refractivity contribution is -0.134. The minimum atomic E-state index is -0.640. The lowest BCUT2D eigenvalue weighted by atomic mass is 9.64. The molecule has 16 nitrogen and oxygen atoms in total. The molecule has 7 heterocycles. The Morgan fingerprint density at radius 3 is 2.44 bits per heavy atom. The van der Waals surface area contributed by atoms with Gasteiger partial charge in [-0.2, -0.15) is 0 Å². The van der Waals surface area contributed by atoms with E-state index < -0.39 is 11.8 Å². The fraction of sp³-hybridized carbons (Fsp3) is 0.512. The standard InChI is InChI=1S/C43H51N11O5/c1-50-17-18-54(42(50)58)30-3-2-16-51(21-30)35-20-45-38(39(44)56)40(47-35)46-28-6-4-26(5-7-28)27-12-14-43(15-13-27)24-53(25-43)31-22-52(23-31)29-8-9-32-34(19-29)59-49-37(32)33-10-11-36(55)48-41(33)57/h4-9,19-20,27,30-31,33H,2-3,10-18,21-25H2,1H3,(H2,44,56)(H,46,47)(H,48,55,57)/t30-,33?/m1/s1. The van der Waals surface area contributed by atoms with Gasteiger partial charge in [0.1, 0.15) is 11.5 Å². The number of amides is 5. The van der Waals surface area contributed by atoms with Crippen molar-refractivity contribution in [2.75, 3.05) is 74.5 Å². The summed E-state index contributed by atoms with van der Waals surface area (Å²) in [5.41, 5.74) is 10.8. The van der Waals surface area contributed by atoms with E-state index in [9.17, 15) is 19.2 Å². The summed E-state index contributed by atoms with van der Waals surface area (Å²) in [4.78, 5) is 69.3. The number of benzene rings is 2. The molecule has 6 fully saturated rings. The predicted molar refractivity (Wildman–Crippen MR) is 221 cm³/mol. The maximum atomic E-state index is 12.7. The molecule has 1 spiro atoms. The van der Waals surface area contributed by atoms with Crippen molar-refractivity contribution in [3.63, 3.8) is 0 Å². The lowest BCUT2D eigenvalue weighted by Gasteiger charge is -2.59. The average molecular weight is 802 g/mol. The number of fused-ring (bicyclic) bond motifs is 1. The molecule has 1 unspecified atom stereocenters. The first-order valence-electron chi connectivity index (χ1n) is 21.1. The van der Waals surface area contributed by atoms with E-state index in [1.54, 1.807) is 11.1 Å². The molecule has 2 atom stereocenters. The van der Waals surface area contributed by atoms with Gasteiger partial charge in [0.2, 0.25) is 11.8 Å². The Morgan fingerprint density at radius 1 is 0.932 bits per heavy atom. The molecule has 5 saturated heterocycles. The van der Waals surface area contributed by atoms with Crippen molar-refractivity contribution in [1.82, 2.24) is 35.1 Å². The Labute approximate surface area is 342 Å². The summed E-state index contributed by atoms with van der Waals surface area (Å²) >= 11 is 0. The zero-order valence-corrected chi connectivity index (χ0v) is 33.4. The number of likely N-dealkylation sites (tertiary alicyclic amines) is 1. The number of hydrogen-bond acceptors (Lipinski definition) is 12. The number of primary amides is 1. The number of likely N-dealkylation sites (N-methyl/N-ethyl adjacent to an activating group) is 1. The number of nitrogens with two attached hydrogens (primary N) is 1. The van der Waals surface area contributed by atoms with Gasteiger partial charge in [-0.25, -0.2) is 14.8 Å². The Balaban J connectivity index is 0.710. The van der Waals surface area contributed by atoms with Crippen molar-refractivity contribution in [1.29, 1.82) is 0 Å². The third-order valence-corrected chi connectivity index (χ3v) is 14.0. The quantitative estimate of drug-likeness (QED) is 0.206. The number of carbonyl (C=O) groups is 4. The van der Waals surface area contributed by atoms with Crippen molar-refractivity contribution in [2.24, 2.45) is 11.1 Å². The van der Waals surface area contributed by atoms with Crippen LogP contribution in [0.3, 0.4) is 0 Å². The fourth-order valence-electron chi connectivity index (χ4n) is 10.4. The van der Waals surface area contributed by atoms with Crippen molar-refractivity contribution in [3.05, 3.63) is 65.6 Å². The first-order valence-corrected chi connectivity index (χ1v) is 21.1. The number of rotatable bonds is 9. The van der Waals surface area contributed by atoms with Crippen molar-refractivity contribution < 1.29 is 23.7 Å². The minimum absolute atomic E-state index is 0.0733. The van der Waals surface area contributed by atoms with Crippen LogP contribution in [-0.4, -0.2) is 125 Å². The lowest BCUT2D eigenvalue weighted by Crippen LogP contribution is -2.69. The van der Waals surface area contributed by atoms with Crippen LogP contribution in [0.5, 0.6) is 0 Å². The topological polar surface area (TPSA) is 186 Å². The van der Waals surface area contributed by atoms with Gasteiger partial charge < -0.3 is 35.2 Å². The highest BCUT2D eigenvalue weighted by Crippen LogP contribution is 2.50. The van der Waals surface area contributed by atoms with Crippen LogP contribution in [0, 0.1) is 5.41 Å². The molecule has 6 aliphatic rings. The van der Waals surface area contributed by atoms with Crippen LogP contribution in [0.4, 0.5) is 27.8 Å². The van der Waals surface area contributed by atoms with Gasteiger partial charge in [0.25, 0.3) is 5.91 Å². The van der Waals surface area contributed by atoms with E-state index in [1.165, 1.54) is 31.2 Å². The predicted octanol–water partition coefficient (Wildman–Crippen LogP) is 4.17. The molecule has 5 aliphatic heterocycles. The molecule has 5 amide bonds. The normalized spacial score (nSPS) is 24.1. The Hall–Kier alpha value is -5.77. The van der Waals surface area contributed by atoms with E-state index in [0.29, 0.717) is 59.7 Å². The molecule has 308 valence electrons. The summed E-state index contributed by atoms with van der Waals surface area (Å²) in [5, 5.41) is 10.8. The summed E-state index contributed by atoms with van der Waals surface area (Å²) in [6.07, 6.45) is 9.05. The molecule has 2 aromatic heterocycles. The summed E-state index contributed by atoms with van der Waals surface area (Å²) < 4.78 is 5.66. The number of urea groups is 1. The molecule has 0 radical (unpaired) electrons. The minimum Gasteiger partial charge on any atom is -0.368 e. The van der Waals surface area contributed by atoms with E-state index in [4.69, 9.17) is 15.2 Å². The molecule has 2 aromatic carbocycles. The SMILES string of the molecule is CN1CCN([C@@H]2CCCN(c3cnc(C(N)=O)c(Nc4ccc(C5CCC6(CC5)CN(C5CN(c7ccc8c(C9CCC(=O)NC9=O)noc8c7)C5)C6)cc4)n3)C2)C1=O. The van der Waals surface area contributed by atoms with E-state index in [2.05, 4.69) is 65.8 Å². The van der Waals surface area contributed by atoms with Crippen LogP contribution < -0.4 is 26.2 Å². The summed E-state index contributed by atoms with van der Waals surface area (Å²) in [7, 11) is 1.84. The number of imide groups is 1. The van der Waals surface area contributed by atoms with E-state index >= 15 is 0 Å². The Kier molecular flexibility index (Phi) is 9.41. The highest BCUT2D eigenvalue weighted by atomic mass is 16.5. The van der Waals surface area contributed by atoms with Crippen LogP contribution in [0.25, 0.3) is 11.0 Å². The molecule has 1 saturated carbocycles. The molecule has 10 rings (SSSR count). The van der Waals surface area contributed by atoms with Gasteiger partial charge in [0.15, 0.2) is 17.1 Å². The third kappa shape index (κ3) is 7.00. The van der Waals surface area contributed by atoms with Gasteiger partial charge in [-0.15, -0.1) is 0 Å². The molecular weight excluding hydrogens is 751 g/mol. The number of piperidine rings is 2. The van der Waals surface area contributed by atoms with Crippen LogP contribution >= 0.6 is 0 Å². The van der Waals surface area contributed by atoms with Crippen LogP contribution in [0.2, 0.25) is 0 Å². The molecule has 59 heavy (non-hydrogen) atoms. The first-order chi connectivity index (χ1) is 28.6. The number of nitrogens with zero attached hydrogens (tertiary/aromatic N) is 8. The fourth-order valence-corrected chi connectivity index (χ4v) is 10.4. The Bertz CT molecular complexity index is 2290. The maximum absolute atomic E-state index is 12.7. The van der Waals surface area contributed by atoms with Gasteiger partial charge in [-0.1, -0.05) is 17.3 Å². The molecule has 4 N–H and O–H groups in total. The molecule has 0 bridgehead atoms. The highest BCUT2D eigenvalue weighted by Gasteiger charge is 2.49. The number of anilines is 4. The van der Waals surface area contributed by atoms with Crippen LogP contribution in [0.1, 0.15) is 84.9 Å². The Morgan fingerprint density at radius 2 is 1.71 bits per heavy atom. The van der Waals surface area contributed by atoms with Gasteiger partial charge in [0.05, 0.1) is 18.2 Å². The smallest absolute Gasteiger partial charge is 0.320 e. The van der Waals surface area contributed by atoms with E-state index in [1.807, 2.05) is 24.1 Å². The number of hydrogen-bond donors (Lipinski definition) is 3. The molecule has 1 aliphatic carbocycles. The molecular formula is C43H51N11O5. The largest absolute Gasteiger partial charge is 0.368 e. The van der Waals surface area contributed by atoms with Gasteiger partial charge in [-0.05, 0) is 86.1 Å². The molecule has 4 aromatic rings.